The van der Waals surface area contributed by atoms with Crippen molar-refractivity contribution in [3.8, 4) is 11.3 Å². The zero-order valence-corrected chi connectivity index (χ0v) is 31.2. The lowest BCUT2D eigenvalue weighted by molar-refractivity contribution is -0.139. The molecule has 53 heavy (non-hydrogen) atoms. The molecule has 2 aliphatic rings. The van der Waals surface area contributed by atoms with Crippen molar-refractivity contribution >= 4 is 52.0 Å². The monoisotopic (exact) mass is 747 g/mol. The molecule has 6 rings (SSSR count). The van der Waals surface area contributed by atoms with Gasteiger partial charge in [0.25, 0.3) is 0 Å². The average molecular weight is 748 g/mol. The smallest absolute Gasteiger partial charge is 0.407 e. The molecule has 4 aromatic rings. The fourth-order valence-electron chi connectivity index (χ4n) is 7.01. The molecule has 0 radical (unpaired) electrons. The van der Waals surface area contributed by atoms with E-state index < -0.39 is 36.7 Å². The lowest BCUT2D eigenvalue weighted by atomic mass is 10.0. The number of aliphatic hydroxyl groups is 1. The number of hydrogen-bond donors (Lipinski definition) is 5. The molecule has 3 aromatic heterocycles. The molecule has 17 heteroatoms. The number of nitrogens with one attached hydrogen (secondary N) is 4. The third-order valence-electron chi connectivity index (χ3n) is 9.82. The molecule has 0 aliphatic carbocycles. The number of alkyl carbamates (subject to hydrolysis) is 1. The lowest BCUT2D eigenvalue weighted by Crippen LogP contribution is -2.51. The molecule has 282 valence electrons. The van der Waals surface area contributed by atoms with E-state index in [-0.39, 0.29) is 46.2 Å². The van der Waals surface area contributed by atoms with Crippen LogP contribution in [0.4, 0.5) is 4.79 Å². The van der Waals surface area contributed by atoms with Gasteiger partial charge < -0.3 is 40.2 Å². The number of nitrogens with zero attached hydrogens (tertiary/aromatic N) is 5. The fourth-order valence-corrected chi connectivity index (χ4v) is 7.79. The maximum Gasteiger partial charge on any atom is 0.407 e. The number of rotatable bonds is 12. The SMILES string of the molecule is COC(=O)NC(C(=O)N1CCCC1c1nc2ccc(-c3csc(C(=O)c4cnc(C5CCCN5C(=O)C(NC(=O)CO)C(C)C)[nH]4)n3)cc2[nH]1)C(C)C. The standard InChI is InChI=1S/C36H45N9O7S/c1-18(2)28(42-27(47)16-46)34(49)44-12-6-8-25(44)31-37-15-23(40-31)30(48)33-41-24(17-53-33)20-10-11-21-22(14-20)39-32(38-21)26-9-7-13-45(26)35(50)29(19(3)4)43-36(51)52-5/h10-11,14-15,17-19,25-26,28-29,46H,6-9,12-13,16H2,1-5H3,(H,37,40)(H,38,39)(H,42,47)(H,43,51). The zero-order valence-electron chi connectivity index (χ0n) is 30.3. The van der Waals surface area contributed by atoms with Crippen molar-refractivity contribution in [3.05, 3.63) is 52.1 Å². The fraction of sp³-hybridized carbons (Fsp3) is 0.500. The highest BCUT2D eigenvalue weighted by Crippen LogP contribution is 2.35. The molecular weight excluding hydrogens is 703 g/mol. The van der Waals surface area contributed by atoms with Crippen LogP contribution in [0.1, 0.15) is 92.6 Å². The van der Waals surface area contributed by atoms with Crippen molar-refractivity contribution in [2.24, 2.45) is 11.8 Å². The summed E-state index contributed by atoms with van der Waals surface area (Å²) in [4.78, 5) is 88.3. The molecule has 0 bridgehead atoms. The molecule has 5 N–H and O–H groups in total. The Balaban J connectivity index is 1.16. The normalized spacial score (nSPS) is 18.5. The molecule has 2 fully saturated rings. The van der Waals surface area contributed by atoms with Crippen LogP contribution in [0, 0.1) is 11.8 Å². The Kier molecular flexibility index (Phi) is 11.2. The number of aliphatic hydroxyl groups excluding tert-OH is 1. The van der Waals surface area contributed by atoms with Gasteiger partial charge in [-0.05, 0) is 49.7 Å². The number of benzene rings is 1. The number of aromatic amines is 2. The minimum absolute atomic E-state index is 0.141. The van der Waals surface area contributed by atoms with Crippen molar-refractivity contribution in [1.29, 1.82) is 0 Å². The first-order valence-electron chi connectivity index (χ1n) is 17.8. The highest BCUT2D eigenvalue weighted by molar-refractivity contribution is 7.12. The van der Waals surface area contributed by atoms with Gasteiger partial charge in [0.15, 0.2) is 5.01 Å². The Labute approximate surface area is 310 Å². The third kappa shape index (κ3) is 7.81. The van der Waals surface area contributed by atoms with E-state index in [2.05, 4.69) is 30.6 Å². The van der Waals surface area contributed by atoms with E-state index in [9.17, 15) is 29.1 Å². The van der Waals surface area contributed by atoms with Crippen molar-refractivity contribution < 1.29 is 33.8 Å². The number of hydrogen-bond acceptors (Lipinski definition) is 11. The topological polar surface area (TPSA) is 216 Å². The minimum atomic E-state index is -0.798. The van der Waals surface area contributed by atoms with Gasteiger partial charge in [0.05, 0.1) is 42.1 Å². The van der Waals surface area contributed by atoms with Crippen LogP contribution >= 0.6 is 11.3 Å². The van der Waals surface area contributed by atoms with Crippen LogP contribution in [0.2, 0.25) is 0 Å². The van der Waals surface area contributed by atoms with Gasteiger partial charge in [-0.15, -0.1) is 11.3 Å². The summed E-state index contributed by atoms with van der Waals surface area (Å²) in [6.07, 6.45) is 3.71. The van der Waals surface area contributed by atoms with Crippen LogP contribution in [0.15, 0.2) is 29.8 Å². The Morgan fingerprint density at radius 1 is 0.925 bits per heavy atom. The summed E-state index contributed by atoms with van der Waals surface area (Å²) in [5.74, 6) is -0.595. The molecule has 5 heterocycles. The summed E-state index contributed by atoms with van der Waals surface area (Å²) in [6.45, 7) is 7.72. The van der Waals surface area contributed by atoms with Crippen LogP contribution < -0.4 is 10.6 Å². The lowest BCUT2D eigenvalue weighted by Gasteiger charge is -2.30. The minimum Gasteiger partial charge on any atom is -0.453 e. The molecule has 4 unspecified atom stereocenters. The van der Waals surface area contributed by atoms with Crippen LogP contribution in [-0.2, 0) is 19.1 Å². The predicted octanol–water partition coefficient (Wildman–Crippen LogP) is 3.48. The first-order valence-corrected chi connectivity index (χ1v) is 18.7. The first kappa shape index (κ1) is 37.6. The third-order valence-corrected chi connectivity index (χ3v) is 10.7. The van der Waals surface area contributed by atoms with E-state index >= 15 is 0 Å². The van der Waals surface area contributed by atoms with Gasteiger partial charge in [-0.1, -0.05) is 33.8 Å². The molecular formula is C36H45N9O7S. The van der Waals surface area contributed by atoms with E-state index in [4.69, 9.17) is 9.72 Å². The largest absolute Gasteiger partial charge is 0.453 e. The molecule has 2 aliphatic heterocycles. The second kappa shape index (κ2) is 15.8. The van der Waals surface area contributed by atoms with E-state index in [0.29, 0.717) is 36.9 Å². The van der Waals surface area contributed by atoms with Crippen LogP contribution in [-0.4, -0.2) is 108 Å². The van der Waals surface area contributed by atoms with Gasteiger partial charge >= 0.3 is 6.09 Å². The van der Waals surface area contributed by atoms with Crippen LogP contribution in [0.5, 0.6) is 0 Å². The number of thiazole rings is 1. The van der Waals surface area contributed by atoms with Gasteiger partial charge in [0, 0.05) is 24.0 Å². The van der Waals surface area contributed by atoms with Gasteiger partial charge in [-0.3, -0.25) is 19.2 Å². The summed E-state index contributed by atoms with van der Waals surface area (Å²) in [5, 5.41) is 16.6. The van der Waals surface area contributed by atoms with Gasteiger partial charge in [0.1, 0.15) is 36.0 Å². The molecule has 2 saturated heterocycles. The summed E-state index contributed by atoms with van der Waals surface area (Å²) >= 11 is 1.21. The van der Waals surface area contributed by atoms with E-state index in [1.54, 1.807) is 9.80 Å². The number of fused-ring (bicyclic) bond motifs is 1. The number of amides is 4. The number of methoxy groups -OCH3 is 1. The molecule has 1 aromatic carbocycles. The first-order chi connectivity index (χ1) is 25.4. The maximum atomic E-state index is 13.6. The summed E-state index contributed by atoms with van der Waals surface area (Å²) < 4.78 is 4.74. The Hall–Kier alpha value is -5.16. The molecule has 4 atom stereocenters. The highest BCUT2D eigenvalue weighted by Gasteiger charge is 2.39. The van der Waals surface area contributed by atoms with Gasteiger partial charge in [0.2, 0.25) is 23.5 Å². The van der Waals surface area contributed by atoms with E-state index in [1.807, 2.05) is 51.3 Å². The van der Waals surface area contributed by atoms with E-state index in [0.717, 1.165) is 35.9 Å². The maximum absolute atomic E-state index is 13.6. The number of carbonyl (C=O) groups excluding carboxylic acids is 5. The number of carbonyl (C=O) groups is 5. The number of imidazole rings is 2. The second-order valence-corrected chi connectivity index (χ2v) is 14.9. The zero-order chi connectivity index (χ0) is 38.0. The number of ketones is 1. The molecule has 16 nitrogen and oxygen atoms in total. The molecule has 4 amide bonds. The number of likely N-dealkylation sites (tertiary alicyclic amines) is 2. The summed E-state index contributed by atoms with van der Waals surface area (Å²) in [7, 11) is 1.27. The van der Waals surface area contributed by atoms with E-state index in [1.165, 1.54) is 24.6 Å². The number of ether oxygens (including phenoxy) is 1. The predicted molar refractivity (Wildman–Crippen MR) is 195 cm³/mol. The average Bonchev–Trinajstić information content (AvgIpc) is 3.99. The highest BCUT2D eigenvalue weighted by atomic mass is 32.1. The van der Waals surface area contributed by atoms with Crippen LogP contribution in [0.25, 0.3) is 22.3 Å². The summed E-state index contributed by atoms with van der Waals surface area (Å²) in [5.41, 5.74) is 3.13. The quantitative estimate of drug-likeness (QED) is 0.133. The second-order valence-electron chi connectivity index (χ2n) is 14.1. The number of H-pyrrole nitrogens is 2. The van der Waals surface area contributed by atoms with Gasteiger partial charge in [-0.25, -0.2) is 19.7 Å². The van der Waals surface area contributed by atoms with Crippen molar-refractivity contribution in [1.82, 2.24) is 45.4 Å². The molecule has 0 spiro atoms. The van der Waals surface area contributed by atoms with Crippen molar-refractivity contribution in [2.75, 3.05) is 26.8 Å². The Bertz CT molecular complexity index is 2000. The summed E-state index contributed by atoms with van der Waals surface area (Å²) in [6, 6.07) is 3.48. The number of aromatic nitrogens is 5. The Morgan fingerprint density at radius 3 is 2.19 bits per heavy atom. The van der Waals surface area contributed by atoms with Gasteiger partial charge in [-0.2, -0.15) is 0 Å². The van der Waals surface area contributed by atoms with Crippen molar-refractivity contribution in [3.63, 3.8) is 0 Å². The Morgan fingerprint density at radius 2 is 1.57 bits per heavy atom. The van der Waals surface area contributed by atoms with Crippen LogP contribution in [0.3, 0.4) is 0 Å². The van der Waals surface area contributed by atoms with Crippen molar-refractivity contribution in [2.45, 2.75) is 77.5 Å². The molecule has 0 saturated carbocycles.